The highest BCUT2D eigenvalue weighted by Gasteiger charge is 2.28. The Morgan fingerprint density at radius 2 is 1.93 bits per heavy atom. The van der Waals surface area contributed by atoms with Crippen molar-refractivity contribution in [3.8, 4) is 0 Å². The Hall–Kier alpha value is -1.10. The molecule has 1 rings (SSSR count). The van der Waals surface area contributed by atoms with Gasteiger partial charge in [-0.05, 0) is 19.8 Å². The summed E-state index contributed by atoms with van der Waals surface area (Å²) in [5.41, 5.74) is 5.50. The first-order valence-electron chi connectivity index (χ1n) is 5.18. The third-order valence-electron chi connectivity index (χ3n) is 2.73. The van der Waals surface area contributed by atoms with Crippen molar-refractivity contribution in [1.29, 1.82) is 0 Å². The second-order valence-corrected chi connectivity index (χ2v) is 3.91. The molecule has 86 valence electrons. The van der Waals surface area contributed by atoms with Crippen molar-refractivity contribution in [3.63, 3.8) is 0 Å². The molecule has 1 fully saturated rings. The van der Waals surface area contributed by atoms with Crippen molar-refractivity contribution in [1.82, 2.24) is 4.90 Å². The van der Waals surface area contributed by atoms with Crippen molar-refractivity contribution in [2.75, 3.05) is 20.2 Å². The fourth-order valence-corrected chi connectivity index (χ4v) is 1.79. The molecular weight excluding hydrogens is 196 g/mol. The van der Waals surface area contributed by atoms with Crippen LogP contribution in [0, 0.1) is 5.92 Å². The Labute approximate surface area is 89.6 Å². The minimum absolute atomic E-state index is 0.0432. The molecule has 0 aromatic carbocycles. The highest BCUT2D eigenvalue weighted by molar-refractivity contribution is 5.81. The number of nitrogens with two attached hydrogens (primary N) is 1. The molecule has 0 aromatic rings. The van der Waals surface area contributed by atoms with Crippen molar-refractivity contribution in [3.05, 3.63) is 0 Å². The zero-order valence-electron chi connectivity index (χ0n) is 9.23. The zero-order chi connectivity index (χ0) is 11.4. The van der Waals surface area contributed by atoms with E-state index < -0.39 is 6.04 Å². The Morgan fingerprint density at radius 1 is 1.40 bits per heavy atom. The fraction of sp³-hybridized carbons (Fsp3) is 0.800. The summed E-state index contributed by atoms with van der Waals surface area (Å²) in [6.45, 7) is 2.87. The topological polar surface area (TPSA) is 72.6 Å². The highest BCUT2D eigenvalue weighted by Crippen LogP contribution is 2.18. The Balaban J connectivity index is 2.42. The molecule has 1 amide bonds. The maximum absolute atomic E-state index is 11.5. The Morgan fingerprint density at radius 3 is 2.33 bits per heavy atom. The van der Waals surface area contributed by atoms with Gasteiger partial charge in [0.2, 0.25) is 5.91 Å². The summed E-state index contributed by atoms with van der Waals surface area (Å²) in [6, 6.07) is -0.459. The van der Waals surface area contributed by atoms with E-state index in [9.17, 15) is 9.59 Å². The average molecular weight is 214 g/mol. The average Bonchev–Trinajstić information content (AvgIpc) is 2.27. The van der Waals surface area contributed by atoms with Gasteiger partial charge in [-0.1, -0.05) is 0 Å². The van der Waals surface area contributed by atoms with Gasteiger partial charge in [-0.25, -0.2) is 0 Å². The van der Waals surface area contributed by atoms with E-state index in [2.05, 4.69) is 4.74 Å². The Bertz CT molecular complexity index is 245. The van der Waals surface area contributed by atoms with Crippen LogP contribution in [0.2, 0.25) is 0 Å². The third-order valence-corrected chi connectivity index (χ3v) is 2.73. The molecule has 0 aliphatic carbocycles. The molecule has 15 heavy (non-hydrogen) atoms. The molecule has 1 atom stereocenters. The number of likely N-dealkylation sites (tertiary alicyclic amines) is 1. The maximum atomic E-state index is 11.5. The molecule has 1 heterocycles. The van der Waals surface area contributed by atoms with Crippen molar-refractivity contribution in [2.24, 2.45) is 11.7 Å². The van der Waals surface area contributed by atoms with Crippen LogP contribution in [-0.4, -0.2) is 43.0 Å². The number of rotatable bonds is 2. The van der Waals surface area contributed by atoms with Crippen LogP contribution in [0.1, 0.15) is 19.8 Å². The summed E-state index contributed by atoms with van der Waals surface area (Å²) >= 11 is 0. The number of ether oxygens (including phenoxy) is 1. The van der Waals surface area contributed by atoms with E-state index in [1.165, 1.54) is 7.11 Å². The van der Waals surface area contributed by atoms with Gasteiger partial charge in [-0.2, -0.15) is 0 Å². The molecule has 2 N–H and O–H groups in total. The van der Waals surface area contributed by atoms with Crippen molar-refractivity contribution in [2.45, 2.75) is 25.8 Å². The quantitative estimate of drug-likeness (QED) is 0.643. The first-order chi connectivity index (χ1) is 7.06. The van der Waals surface area contributed by atoms with Crippen LogP contribution in [-0.2, 0) is 14.3 Å². The molecule has 0 unspecified atom stereocenters. The molecule has 0 bridgehead atoms. The summed E-state index contributed by atoms with van der Waals surface area (Å²) in [5, 5.41) is 0. The minimum Gasteiger partial charge on any atom is -0.469 e. The second-order valence-electron chi connectivity index (χ2n) is 3.91. The number of hydrogen-bond acceptors (Lipinski definition) is 4. The predicted octanol–water partition coefficient (Wildman–Crippen LogP) is -0.255. The van der Waals surface area contributed by atoms with Gasteiger partial charge >= 0.3 is 5.97 Å². The molecule has 0 aromatic heterocycles. The minimum atomic E-state index is -0.459. The molecule has 0 saturated carbocycles. The van der Waals surface area contributed by atoms with Crippen LogP contribution in [0.4, 0.5) is 0 Å². The summed E-state index contributed by atoms with van der Waals surface area (Å²) in [7, 11) is 1.39. The Kier molecular flexibility index (Phi) is 4.08. The van der Waals surface area contributed by atoms with Crippen LogP contribution in [0.5, 0.6) is 0 Å². The number of nitrogens with zero attached hydrogens (tertiary/aromatic N) is 1. The van der Waals surface area contributed by atoms with Crippen LogP contribution in [0.25, 0.3) is 0 Å². The van der Waals surface area contributed by atoms with E-state index in [0.29, 0.717) is 25.9 Å². The lowest BCUT2D eigenvalue weighted by molar-refractivity contribution is -0.149. The first-order valence-corrected chi connectivity index (χ1v) is 5.18. The molecule has 1 saturated heterocycles. The monoisotopic (exact) mass is 214 g/mol. The van der Waals surface area contributed by atoms with Crippen molar-refractivity contribution >= 4 is 11.9 Å². The number of amides is 1. The lowest BCUT2D eigenvalue weighted by Gasteiger charge is -2.31. The maximum Gasteiger partial charge on any atom is 0.308 e. The summed E-state index contributed by atoms with van der Waals surface area (Å²) in [5.74, 6) is -0.284. The largest absolute Gasteiger partial charge is 0.469 e. The smallest absolute Gasteiger partial charge is 0.308 e. The zero-order valence-corrected chi connectivity index (χ0v) is 9.23. The number of carbonyl (C=O) groups is 2. The van der Waals surface area contributed by atoms with Crippen LogP contribution in [0.3, 0.4) is 0 Å². The van der Waals surface area contributed by atoms with Crippen LogP contribution in [0.15, 0.2) is 0 Å². The molecular formula is C10H18N2O3. The first kappa shape index (κ1) is 12.0. The molecule has 1 aliphatic heterocycles. The van der Waals surface area contributed by atoms with Gasteiger partial charge in [-0.15, -0.1) is 0 Å². The standard InChI is InChI=1S/C10H18N2O3/c1-7(11)9(13)12-5-3-8(4-6-12)10(14)15-2/h7-8H,3-6,11H2,1-2H3/t7-/m1/s1. The number of methoxy groups -OCH3 is 1. The van der Waals surface area contributed by atoms with Gasteiger partial charge in [0, 0.05) is 13.1 Å². The van der Waals surface area contributed by atoms with E-state index in [4.69, 9.17) is 5.73 Å². The number of hydrogen-bond donors (Lipinski definition) is 1. The predicted molar refractivity (Wildman–Crippen MR) is 55.0 cm³/mol. The highest BCUT2D eigenvalue weighted by atomic mass is 16.5. The number of esters is 1. The molecule has 0 radical (unpaired) electrons. The SMILES string of the molecule is COC(=O)C1CCN(C(=O)[C@@H](C)N)CC1. The van der Waals surface area contributed by atoms with Gasteiger partial charge in [-0.3, -0.25) is 9.59 Å². The van der Waals surface area contributed by atoms with Gasteiger partial charge in [0.1, 0.15) is 0 Å². The van der Waals surface area contributed by atoms with E-state index in [1.54, 1.807) is 11.8 Å². The van der Waals surface area contributed by atoms with Crippen molar-refractivity contribution < 1.29 is 14.3 Å². The fourth-order valence-electron chi connectivity index (χ4n) is 1.79. The molecule has 0 spiro atoms. The van der Waals surface area contributed by atoms with Gasteiger partial charge < -0.3 is 15.4 Å². The molecule has 1 aliphatic rings. The van der Waals surface area contributed by atoms with E-state index in [1.807, 2.05) is 0 Å². The lowest BCUT2D eigenvalue weighted by Crippen LogP contribution is -2.46. The lowest BCUT2D eigenvalue weighted by atomic mass is 9.96. The summed E-state index contributed by atoms with van der Waals surface area (Å²) in [6.07, 6.45) is 1.34. The van der Waals surface area contributed by atoms with Gasteiger partial charge in [0.25, 0.3) is 0 Å². The molecule has 5 nitrogen and oxygen atoms in total. The normalized spacial score (nSPS) is 19.8. The number of carbonyl (C=O) groups excluding carboxylic acids is 2. The van der Waals surface area contributed by atoms with Gasteiger partial charge in [0.05, 0.1) is 19.1 Å². The summed E-state index contributed by atoms with van der Waals surface area (Å²) in [4.78, 5) is 24.5. The molecule has 5 heteroatoms. The van der Waals surface area contributed by atoms with E-state index >= 15 is 0 Å². The third kappa shape index (κ3) is 2.92. The summed E-state index contributed by atoms with van der Waals surface area (Å²) < 4.78 is 4.67. The van der Waals surface area contributed by atoms with E-state index in [-0.39, 0.29) is 17.8 Å². The van der Waals surface area contributed by atoms with Gasteiger partial charge in [0.15, 0.2) is 0 Å². The van der Waals surface area contributed by atoms with Crippen LogP contribution >= 0.6 is 0 Å². The number of piperidine rings is 1. The second kappa shape index (κ2) is 5.11. The van der Waals surface area contributed by atoms with Crippen LogP contribution < -0.4 is 5.73 Å². The van der Waals surface area contributed by atoms with E-state index in [0.717, 1.165) is 0 Å².